The summed E-state index contributed by atoms with van der Waals surface area (Å²) in [5, 5.41) is 26.6. The molecule has 2 heterocycles. The van der Waals surface area contributed by atoms with E-state index in [1.54, 1.807) is 0 Å². The molecule has 2 N–H and O–H groups in total. The maximum absolute atomic E-state index is 11.2. The average Bonchev–Trinajstić information content (AvgIpc) is 3.53. The Balaban J connectivity index is 1.18. The fourth-order valence-electron chi connectivity index (χ4n) is 5.62. The van der Waals surface area contributed by atoms with Crippen molar-refractivity contribution in [2.45, 2.75) is 49.2 Å². The van der Waals surface area contributed by atoms with Crippen LogP contribution in [0.3, 0.4) is 0 Å². The van der Waals surface area contributed by atoms with E-state index in [-0.39, 0.29) is 0 Å². The van der Waals surface area contributed by atoms with E-state index in [1.165, 1.54) is 0 Å². The van der Waals surface area contributed by atoms with Gasteiger partial charge in [0.05, 0.1) is 0 Å². The quantitative estimate of drug-likeness (QED) is 0.475. The van der Waals surface area contributed by atoms with Crippen LogP contribution in [0.5, 0.6) is 0 Å². The molecular formula is C28H24O6. The summed E-state index contributed by atoms with van der Waals surface area (Å²) in [5.41, 5.74) is 1.74. The number of rotatable bonds is 2. The van der Waals surface area contributed by atoms with Gasteiger partial charge in [-0.2, -0.15) is 0 Å². The standard InChI is InChI=1S/C28H24O6/c29-21-23-24(32-27(31-23)19-13-5-9-15-7-1-3-11-17(15)19)22(30)26-25(21)33-28(34-26)20-14-6-10-16-8-2-4-12-18(16)20/h1-14,21-30H/t21-,22-,23-,24-,25-,26+,27?,28?/m0/s1. The predicted molar refractivity (Wildman–Crippen MR) is 125 cm³/mol. The highest BCUT2D eigenvalue weighted by atomic mass is 16.8. The van der Waals surface area contributed by atoms with Crippen LogP contribution in [-0.4, -0.2) is 46.8 Å². The van der Waals surface area contributed by atoms with E-state index in [0.717, 1.165) is 32.7 Å². The average molecular weight is 456 g/mol. The van der Waals surface area contributed by atoms with E-state index in [1.807, 2.05) is 84.9 Å². The Labute approximate surface area is 196 Å². The number of aliphatic hydroxyl groups is 2. The van der Waals surface area contributed by atoms with E-state index in [0.29, 0.717) is 0 Å². The summed E-state index contributed by atoms with van der Waals surface area (Å²) in [6, 6.07) is 27.9. The monoisotopic (exact) mass is 456 g/mol. The molecule has 0 bridgehead atoms. The van der Waals surface area contributed by atoms with E-state index >= 15 is 0 Å². The number of aliphatic hydroxyl groups excluding tert-OH is 2. The molecule has 3 fully saturated rings. The topological polar surface area (TPSA) is 77.4 Å². The molecule has 0 spiro atoms. The Morgan fingerprint density at radius 2 is 0.794 bits per heavy atom. The fraction of sp³-hybridized carbons (Fsp3) is 0.286. The Morgan fingerprint density at radius 1 is 0.441 bits per heavy atom. The van der Waals surface area contributed by atoms with Crippen molar-refractivity contribution in [1.29, 1.82) is 0 Å². The van der Waals surface area contributed by atoms with Crippen LogP contribution in [0.15, 0.2) is 84.9 Å². The third-order valence-corrected chi connectivity index (χ3v) is 7.27. The van der Waals surface area contributed by atoms with E-state index in [2.05, 4.69) is 0 Å². The second-order valence-electron chi connectivity index (χ2n) is 9.18. The smallest absolute Gasteiger partial charge is 0.185 e. The van der Waals surface area contributed by atoms with Crippen LogP contribution >= 0.6 is 0 Å². The van der Waals surface area contributed by atoms with Gasteiger partial charge in [-0.15, -0.1) is 0 Å². The summed E-state index contributed by atoms with van der Waals surface area (Å²) in [5.74, 6) is 0. The Hall–Kier alpha value is -2.84. The molecule has 4 aromatic carbocycles. The van der Waals surface area contributed by atoms with Crippen LogP contribution in [0.25, 0.3) is 21.5 Å². The normalized spacial score (nSPS) is 34.9. The van der Waals surface area contributed by atoms with Gasteiger partial charge in [-0.3, -0.25) is 0 Å². The van der Waals surface area contributed by atoms with Gasteiger partial charge in [-0.1, -0.05) is 84.9 Å². The van der Waals surface area contributed by atoms with Crippen molar-refractivity contribution in [3.05, 3.63) is 96.1 Å². The van der Waals surface area contributed by atoms with Crippen LogP contribution in [0.1, 0.15) is 23.7 Å². The van der Waals surface area contributed by atoms with Crippen LogP contribution < -0.4 is 0 Å². The highest BCUT2D eigenvalue weighted by molar-refractivity contribution is 5.86. The zero-order valence-corrected chi connectivity index (χ0v) is 18.2. The van der Waals surface area contributed by atoms with E-state index in [9.17, 15) is 10.2 Å². The minimum Gasteiger partial charge on any atom is -0.387 e. The molecular weight excluding hydrogens is 432 g/mol. The van der Waals surface area contributed by atoms with Gasteiger partial charge in [0.25, 0.3) is 0 Å². The molecule has 8 atom stereocenters. The molecule has 7 rings (SSSR count). The molecule has 0 aromatic heterocycles. The zero-order chi connectivity index (χ0) is 22.8. The van der Waals surface area contributed by atoms with Gasteiger partial charge in [0.2, 0.25) is 0 Å². The molecule has 1 aliphatic carbocycles. The molecule has 34 heavy (non-hydrogen) atoms. The Morgan fingerprint density at radius 3 is 1.21 bits per heavy atom. The van der Waals surface area contributed by atoms with Crippen molar-refractivity contribution in [3.8, 4) is 0 Å². The molecule has 1 saturated carbocycles. The van der Waals surface area contributed by atoms with Crippen molar-refractivity contribution in [1.82, 2.24) is 0 Å². The number of ether oxygens (including phenoxy) is 4. The minimum absolute atomic E-state index is 0.696. The van der Waals surface area contributed by atoms with Crippen molar-refractivity contribution >= 4 is 21.5 Å². The van der Waals surface area contributed by atoms with Crippen LogP contribution in [0.2, 0.25) is 0 Å². The molecule has 6 heteroatoms. The second-order valence-corrected chi connectivity index (χ2v) is 9.18. The lowest BCUT2D eigenvalue weighted by Gasteiger charge is -2.38. The summed E-state index contributed by atoms with van der Waals surface area (Å²) >= 11 is 0. The fourth-order valence-corrected chi connectivity index (χ4v) is 5.62. The van der Waals surface area contributed by atoms with Gasteiger partial charge >= 0.3 is 0 Å². The number of fused-ring (bicyclic) bond motifs is 4. The molecule has 2 saturated heterocycles. The van der Waals surface area contributed by atoms with Gasteiger partial charge in [-0.25, -0.2) is 0 Å². The number of benzene rings is 4. The van der Waals surface area contributed by atoms with E-state index < -0.39 is 49.2 Å². The summed E-state index contributed by atoms with van der Waals surface area (Å²) in [6.07, 6.45) is -6.30. The maximum Gasteiger partial charge on any atom is 0.185 e. The molecule has 6 nitrogen and oxygen atoms in total. The van der Waals surface area contributed by atoms with Crippen molar-refractivity contribution in [2.75, 3.05) is 0 Å². The van der Waals surface area contributed by atoms with E-state index in [4.69, 9.17) is 18.9 Å². The summed E-state index contributed by atoms with van der Waals surface area (Å²) < 4.78 is 24.8. The van der Waals surface area contributed by atoms with Gasteiger partial charge in [-0.05, 0) is 21.5 Å². The lowest BCUT2D eigenvalue weighted by atomic mass is 9.85. The maximum atomic E-state index is 11.2. The molecule has 4 aromatic rings. The minimum atomic E-state index is -1.00. The highest BCUT2D eigenvalue weighted by Crippen LogP contribution is 2.47. The molecule has 3 aliphatic rings. The first-order valence-corrected chi connectivity index (χ1v) is 11.6. The van der Waals surface area contributed by atoms with Crippen LogP contribution in [0, 0.1) is 0 Å². The third kappa shape index (κ3) is 3.04. The number of hydrogen-bond donors (Lipinski definition) is 2. The lowest BCUT2D eigenvalue weighted by Crippen LogP contribution is -2.61. The van der Waals surface area contributed by atoms with Gasteiger partial charge in [0, 0.05) is 11.1 Å². The van der Waals surface area contributed by atoms with Gasteiger partial charge in [0.1, 0.15) is 36.6 Å². The Kier molecular flexibility index (Phi) is 4.74. The molecule has 2 aliphatic heterocycles. The van der Waals surface area contributed by atoms with Crippen LogP contribution in [0.4, 0.5) is 0 Å². The first-order chi connectivity index (χ1) is 16.7. The summed E-state index contributed by atoms with van der Waals surface area (Å²) in [7, 11) is 0. The second kappa shape index (κ2) is 7.85. The SMILES string of the molecule is O[C@@H]1[C@H]2OC(c3cccc4ccccc34)O[C@H]2[C@@H](O)[C@@H]2OC(c3cccc4ccccc34)O[C@@H]12. The van der Waals surface area contributed by atoms with Crippen molar-refractivity contribution in [2.24, 2.45) is 0 Å². The van der Waals surface area contributed by atoms with Crippen molar-refractivity contribution in [3.63, 3.8) is 0 Å². The Bertz CT molecular complexity index is 1230. The highest BCUT2D eigenvalue weighted by Gasteiger charge is 2.60. The largest absolute Gasteiger partial charge is 0.387 e. The lowest BCUT2D eigenvalue weighted by molar-refractivity contribution is -0.152. The summed E-state index contributed by atoms with van der Waals surface area (Å²) in [4.78, 5) is 0. The third-order valence-electron chi connectivity index (χ3n) is 7.27. The molecule has 2 unspecified atom stereocenters. The van der Waals surface area contributed by atoms with Crippen LogP contribution in [-0.2, 0) is 18.9 Å². The molecule has 172 valence electrons. The molecule has 0 amide bonds. The first kappa shape index (κ1) is 20.5. The first-order valence-electron chi connectivity index (χ1n) is 11.6. The predicted octanol–water partition coefficient (Wildman–Crippen LogP) is 3.99. The number of hydrogen-bond acceptors (Lipinski definition) is 6. The molecule has 0 radical (unpaired) electrons. The van der Waals surface area contributed by atoms with Gasteiger partial charge < -0.3 is 29.2 Å². The van der Waals surface area contributed by atoms with Crippen molar-refractivity contribution < 1.29 is 29.2 Å². The summed E-state index contributed by atoms with van der Waals surface area (Å²) in [6.45, 7) is 0. The zero-order valence-electron chi connectivity index (χ0n) is 18.2. The van der Waals surface area contributed by atoms with Gasteiger partial charge in [0.15, 0.2) is 12.6 Å².